The molecule has 3 aromatic rings. The van der Waals surface area contributed by atoms with Gasteiger partial charge in [0.2, 0.25) is 0 Å². The van der Waals surface area contributed by atoms with Crippen molar-refractivity contribution in [1.82, 2.24) is 9.47 Å². The van der Waals surface area contributed by atoms with Crippen molar-refractivity contribution in [1.29, 1.82) is 5.26 Å². The van der Waals surface area contributed by atoms with Crippen LogP contribution in [0.2, 0.25) is 0 Å². The van der Waals surface area contributed by atoms with Crippen LogP contribution in [0.25, 0.3) is 21.9 Å². The Morgan fingerprint density at radius 2 is 1.79 bits per heavy atom. The second-order valence-electron chi connectivity index (χ2n) is 9.75. The predicted molar refractivity (Wildman–Crippen MR) is 131 cm³/mol. The Bertz CT molecular complexity index is 1260. The molecule has 0 spiro atoms. The summed E-state index contributed by atoms with van der Waals surface area (Å²) in [5, 5.41) is 20.5. The van der Waals surface area contributed by atoms with Crippen LogP contribution in [-0.4, -0.2) is 26.2 Å². The number of carbonyl (C=O) groups is 1. The average Bonchev–Trinajstić information content (AvgIpc) is 2.73. The first-order chi connectivity index (χ1) is 15.5. The van der Waals surface area contributed by atoms with Crippen molar-refractivity contribution < 1.29 is 9.90 Å². The number of hydrogen-bond acceptors (Lipinski definition) is 3. The zero-order valence-corrected chi connectivity index (χ0v) is 19.9. The molecule has 6 nitrogen and oxygen atoms in total. The summed E-state index contributed by atoms with van der Waals surface area (Å²) in [6.07, 6.45) is -0.805. The normalized spacial score (nSPS) is 11.5. The van der Waals surface area contributed by atoms with Gasteiger partial charge in [-0.1, -0.05) is 50.2 Å². The van der Waals surface area contributed by atoms with Crippen molar-refractivity contribution in [2.45, 2.75) is 59.7 Å². The monoisotopic (exact) mass is 445 g/mol. The van der Waals surface area contributed by atoms with Crippen molar-refractivity contribution in [3.8, 4) is 17.2 Å². The van der Waals surface area contributed by atoms with Crippen LogP contribution >= 0.6 is 0 Å². The first-order valence-electron chi connectivity index (χ1n) is 11.2. The maximum Gasteiger partial charge on any atom is 0.408 e. The van der Waals surface area contributed by atoms with Gasteiger partial charge >= 0.3 is 6.09 Å². The van der Waals surface area contributed by atoms with E-state index >= 15 is 0 Å². The van der Waals surface area contributed by atoms with Gasteiger partial charge < -0.3 is 9.67 Å². The molecule has 0 radical (unpaired) electrons. The summed E-state index contributed by atoms with van der Waals surface area (Å²) < 4.78 is 1.74. The van der Waals surface area contributed by atoms with Crippen molar-refractivity contribution in [2.24, 2.45) is 5.92 Å². The van der Waals surface area contributed by atoms with Gasteiger partial charge in [0, 0.05) is 28.7 Å². The molecule has 0 bridgehead atoms. The molecule has 0 fully saturated rings. The topological polar surface area (TPSA) is 86.3 Å². The second kappa shape index (κ2) is 9.50. The van der Waals surface area contributed by atoms with E-state index in [2.05, 4.69) is 6.07 Å². The number of rotatable bonds is 6. The number of fused-ring (bicyclic) bond motifs is 1. The Morgan fingerprint density at radius 3 is 2.33 bits per heavy atom. The Morgan fingerprint density at radius 1 is 1.12 bits per heavy atom. The molecule has 0 saturated heterocycles. The number of nitrogens with zero attached hydrogens (tertiary/aromatic N) is 3. The zero-order valence-electron chi connectivity index (χ0n) is 19.9. The minimum Gasteiger partial charge on any atom is -0.465 e. The molecule has 0 aliphatic carbocycles. The highest BCUT2D eigenvalue weighted by atomic mass is 16.4. The fourth-order valence-electron chi connectivity index (χ4n) is 4.14. The fraction of sp³-hybridized carbons (Fsp3) is 0.370. The molecular weight excluding hydrogens is 414 g/mol. The van der Waals surface area contributed by atoms with Crippen molar-refractivity contribution in [3.63, 3.8) is 0 Å². The third-order valence-corrected chi connectivity index (χ3v) is 5.69. The van der Waals surface area contributed by atoms with Gasteiger partial charge in [-0.3, -0.25) is 9.69 Å². The molecule has 3 rings (SSSR count). The van der Waals surface area contributed by atoms with Gasteiger partial charge in [-0.25, -0.2) is 4.79 Å². The lowest BCUT2D eigenvalue weighted by molar-refractivity contribution is 0.0937. The van der Waals surface area contributed by atoms with Gasteiger partial charge in [0.1, 0.15) is 0 Å². The van der Waals surface area contributed by atoms with Crippen LogP contribution in [0.3, 0.4) is 0 Å². The molecule has 0 atom stereocenters. The number of carboxylic acid groups (broad SMARTS) is 1. The predicted octanol–water partition coefficient (Wildman–Crippen LogP) is 5.67. The highest BCUT2D eigenvalue weighted by Crippen LogP contribution is 2.33. The summed E-state index contributed by atoms with van der Waals surface area (Å²) in [5.41, 5.74) is 2.43. The van der Waals surface area contributed by atoms with E-state index in [0.29, 0.717) is 17.6 Å². The summed E-state index contributed by atoms with van der Waals surface area (Å²) in [6.45, 7) is 10.2. The fourth-order valence-corrected chi connectivity index (χ4v) is 4.14. The molecule has 1 aromatic heterocycles. The van der Waals surface area contributed by atoms with Crippen LogP contribution < -0.4 is 5.56 Å². The van der Waals surface area contributed by atoms with Crippen molar-refractivity contribution >= 4 is 16.9 Å². The lowest BCUT2D eigenvalue weighted by Crippen LogP contribution is -2.45. The van der Waals surface area contributed by atoms with Crippen LogP contribution in [0.1, 0.15) is 45.9 Å². The van der Waals surface area contributed by atoms with Gasteiger partial charge in [-0.05, 0) is 55.3 Å². The number of aromatic nitrogens is 1. The molecule has 0 aliphatic rings. The smallest absolute Gasteiger partial charge is 0.408 e. The molecular formula is C27H31N3O3. The number of pyridine rings is 1. The van der Waals surface area contributed by atoms with Crippen LogP contribution in [0.4, 0.5) is 4.79 Å². The maximum absolute atomic E-state index is 13.7. The summed E-state index contributed by atoms with van der Waals surface area (Å²) >= 11 is 0. The van der Waals surface area contributed by atoms with E-state index in [9.17, 15) is 20.0 Å². The van der Waals surface area contributed by atoms with E-state index in [0.717, 1.165) is 22.1 Å². The Kier molecular flexibility index (Phi) is 6.92. The zero-order chi connectivity index (χ0) is 24.3. The molecule has 2 aromatic carbocycles. The third kappa shape index (κ3) is 5.09. The highest BCUT2D eigenvalue weighted by Gasteiger charge is 2.29. The van der Waals surface area contributed by atoms with Crippen LogP contribution in [-0.2, 0) is 19.5 Å². The van der Waals surface area contributed by atoms with Gasteiger partial charge in [-0.2, -0.15) is 5.26 Å². The van der Waals surface area contributed by atoms with Crippen LogP contribution in [0.5, 0.6) is 0 Å². The van der Waals surface area contributed by atoms with E-state index in [1.54, 1.807) is 10.6 Å². The quantitative estimate of drug-likeness (QED) is 0.530. The molecule has 6 heteroatoms. The first kappa shape index (κ1) is 24.1. The van der Waals surface area contributed by atoms with E-state index < -0.39 is 11.6 Å². The standard InChI is InChI=1S/C27H31N3O3/c1-18(2)16-29-23(17-30(26(32)33)27(3,4)5)24(20-9-7-6-8-10-20)22-15-19(13-14-28)11-12-21(22)25(29)31/h6-12,15,18H,13,16-17H2,1-5H3,(H,32,33). The lowest BCUT2D eigenvalue weighted by atomic mass is 9.93. The third-order valence-electron chi connectivity index (χ3n) is 5.69. The molecule has 172 valence electrons. The second-order valence-corrected chi connectivity index (χ2v) is 9.75. The molecule has 1 amide bonds. The molecule has 33 heavy (non-hydrogen) atoms. The number of amides is 1. The van der Waals surface area contributed by atoms with E-state index in [-0.39, 0.29) is 24.4 Å². The number of hydrogen-bond donors (Lipinski definition) is 1. The van der Waals surface area contributed by atoms with E-state index in [1.165, 1.54) is 4.90 Å². The Hall–Kier alpha value is -3.59. The molecule has 0 aliphatic heterocycles. The first-order valence-corrected chi connectivity index (χ1v) is 11.2. The average molecular weight is 446 g/mol. The summed E-state index contributed by atoms with van der Waals surface area (Å²) in [5.74, 6) is 0.188. The van der Waals surface area contributed by atoms with Crippen molar-refractivity contribution in [2.75, 3.05) is 0 Å². The molecule has 1 heterocycles. The van der Waals surface area contributed by atoms with E-state index in [1.807, 2.05) is 77.1 Å². The van der Waals surface area contributed by atoms with E-state index in [4.69, 9.17) is 0 Å². The molecule has 0 saturated carbocycles. The number of nitriles is 1. The minimum atomic E-state index is -1.04. The largest absolute Gasteiger partial charge is 0.465 e. The van der Waals surface area contributed by atoms with Crippen LogP contribution in [0.15, 0.2) is 53.3 Å². The summed E-state index contributed by atoms with van der Waals surface area (Å²) in [4.78, 5) is 27.3. The maximum atomic E-state index is 13.7. The summed E-state index contributed by atoms with van der Waals surface area (Å²) in [7, 11) is 0. The highest BCUT2D eigenvalue weighted by molar-refractivity contribution is 5.98. The minimum absolute atomic E-state index is 0.0729. The molecule has 0 unspecified atom stereocenters. The van der Waals surface area contributed by atoms with Gasteiger partial charge in [0.15, 0.2) is 0 Å². The Labute approximate surface area is 194 Å². The number of benzene rings is 2. The summed E-state index contributed by atoms with van der Waals surface area (Å²) in [6, 6.07) is 17.4. The Balaban J connectivity index is 2.48. The van der Waals surface area contributed by atoms with Gasteiger partial charge in [0.05, 0.1) is 19.0 Å². The van der Waals surface area contributed by atoms with Gasteiger partial charge in [-0.15, -0.1) is 0 Å². The van der Waals surface area contributed by atoms with Gasteiger partial charge in [0.25, 0.3) is 5.56 Å². The van der Waals surface area contributed by atoms with Crippen LogP contribution in [0, 0.1) is 17.2 Å². The molecule has 1 N–H and O–H groups in total. The lowest BCUT2D eigenvalue weighted by Gasteiger charge is -2.35. The SMILES string of the molecule is CC(C)Cn1c(CN(C(=O)O)C(C)(C)C)c(-c2ccccc2)c2cc(CC#N)ccc2c1=O. The van der Waals surface area contributed by atoms with Crippen molar-refractivity contribution in [3.05, 3.63) is 70.1 Å².